The van der Waals surface area contributed by atoms with Gasteiger partial charge < -0.3 is 15.8 Å². The van der Waals surface area contributed by atoms with Gasteiger partial charge in [0.05, 0.1) is 0 Å². The summed E-state index contributed by atoms with van der Waals surface area (Å²) in [5.41, 5.74) is 8.28. The number of nitrogens with two attached hydrogens (primary N) is 1. The highest BCUT2D eigenvalue weighted by molar-refractivity contribution is 5.96. The van der Waals surface area contributed by atoms with Crippen LogP contribution in [0.4, 0.5) is 0 Å². The van der Waals surface area contributed by atoms with E-state index in [1.807, 2.05) is 51.2 Å². The Bertz CT molecular complexity index is 669. The lowest BCUT2D eigenvalue weighted by molar-refractivity contribution is 0.0997. The molecular formula is C16H19N3O2. The maximum Gasteiger partial charge on any atom is 0.254 e. The molecule has 1 heterocycles. The van der Waals surface area contributed by atoms with Crippen LogP contribution < -0.4 is 15.8 Å². The average Bonchev–Trinajstić information content (AvgIpc) is 2.40. The van der Waals surface area contributed by atoms with Crippen LogP contribution in [0.5, 0.6) is 11.6 Å². The van der Waals surface area contributed by atoms with Crippen LogP contribution in [0.2, 0.25) is 0 Å². The molecule has 0 fully saturated rings. The van der Waals surface area contributed by atoms with Crippen molar-refractivity contribution in [1.82, 2.24) is 10.3 Å². The molecule has 5 heteroatoms. The van der Waals surface area contributed by atoms with Gasteiger partial charge in [-0.05, 0) is 38.6 Å². The Morgan fingerprint density at radius 3 is 2.71 bits per heavy atom. The number of para-hydroxylation sites is 1. The smallest absolute Gasteiger partial charge is 0.254 e. The van der Waals surface area contributed by atoms with Crippen LogP contribution in [0.15, 0.2) is 30.3 Å². The summed E-state index contributed by atoms with van der Waals surface area (Å²) in [6.45, 7) is 4.33. The number of amides is 1. The molecule has 0 unspecified atom stereocenters. The van der Waals surface area contributed by atoms with Crippen molar-refractivity contribution in [3.05, 3.63) is 52.7 Å². The second-order valence-corrected chi connectivity index (χ2v) is 4.87. The van der Waals surface area contributed by atoms with Gasteiger partial charge in [0.1, 0.15) is 11.3 Å². The van der Waals surface area contributed by atoms with Gasteiger partial charge in [-0.1, -0.05) is 18.2 Å². The van der Waals surface area contributed by atoms with Gasteiger partial charge in [-0.25, -0.2) is 4.98 Å². The van der Waals surface area contributed by atoms with Crippen LogP contribution >= 0.6 is 0 Å². The molecule has 2 rings (SSSR count). The predicted molar refractivity (Wildman–Crippen MR) is 81.5 cm³/mol. The molecule has 0 saturated carbocycles. The monoisotopic (exact) mass is 285 g/mol. The van der Waals surface area contributed by atoms with Crippen LogP contribution in [-0.4, -0.2) is 17.9 Å². The van der Waals surface area contributed by atoms with Crippen molar-refractivity contribution in [3.8, 4) is 11.6 Å². The second kappa shape index (κ2) is 6.37. The highest BCUT2D eigenvalue weighted by atomic mass is 16.5. The number of nitrogens with one attached hydrogen (secondary N) is 1. The van der Waals surface area contributed by atoms with Gasteiger partial charge in [0.25, 0.3) is 5.91 Å². The van der Waals surface area contributed by atoms with E-state index in [1.54, 1.807) is 0 Å². The number of aryl methyl sites for hydroxylation is 2. The average molecular weight is 285 g/mol. The van der Waals surface area contributed by atoms with E-state index in [9.17, 15) is 4.79 Å². The fourth-order valence-corrected chi connectivity index (χ4v) is 2.22. The van der Waals surface area contributed by atoms with E-state index in [2.05, 4.69) is 10.3 Å². The van der Waals surface area contributed by atoms with Gasteiger partial charge >= 0.3 is 0 Å². The molecule has 0 saturated heterocycles. The summed E-state index contributed by atoms with van der Waals surface area (Å²) in [6.07, 6.45) is 0. The lowest BCUT2D eigenvalue weighted by atomic mass is 10.1. The first-order valence-corrected chi connectivity index (χ1v) is 6.71. The third-order valence-corrected chi connectivity index (χ3v) is 3.10. The lowest BCUT2D eigenvalue weighted by Gasteiger charge is -2.14. The minimum absolute atomic E-state index is 0.253. The molecule has 0 aliphatic carbocycles. The molecular weight excluding hydrogens is 266 g/mol. The molecule has 5 nitrogen and oxygen atoms in total. The normalized spacial score (nSPS) is 10.4. The molecule has 1 amide bonds. The Balaban J connectivity index is 2.47. The summed E-state index contributed by atoms with van der Waals surface area (Å²) < 4.78 is 5.86. The quantitative estimate of drug-likeness (QED) is 0.883. The number of rotatable bonds is 5. The summed E-state index contributed by atoms with van der Waals surface area (Å²) in [7, 11) is 1.86. The molecule has 0 aliphatic rings. The van der Waals surface area contributed by atoms with E-state index in [0.29, 0.717) is 17.9 Å². The maximum absolute atomic E-state index is 11.6. The van der Waals surface area contributed by atoms with Crippen LogP contribution in [0, 0.1) is 13.8 Å². The largest absolute Gasteiger partial charge is 0.438 e. The Morgan fingerprint density at radius 1 is 1.33 bits per heavy atom. The van der Waals surface area contributed by atoms with Gasteiger partial charge in [0.15, 0.2) is 0 Å². The fraction of sp³-hybridized carbons (Fsp3) is 0.250. The summed E-state index contributed by atoms with van der Waals surface area (Å²) in [4.78, 5) is 16.0. The molecule has 2 aromatic rings. The molecule has 0 radical (unpaired) electrons. The molecule has 1 aromatic carbocycles. The van der Waals surface area contributed by atoms with Crippen molar-refractivity contribution in [2.24, 2.45) is 5.73 Å². The molecule has 0 aliphatic heterocycles. The van der Waals surface area contributed by atoms with Gasteiger partial charge in [-0.3, -0.25) is 4.79 Å². The van der Waals surface area contributed by atoms with Gasteiger partial charge in [0, 0.05) is 17.8 Å². The summed E-state index contributed by atoms with van der Waals surface area (Å²) >= 11 is 0. The van der Waals surface area contributed by atoms with Crippen molar-refractivity contribution in [2.45, 2.75) is 20.4 Å². The number of carbonyl (C=O) groups excluding carboxylic acids is 1. The third kappa shape index (κ3) is 3.38. The zero-order valence-corrected chi connectivity index (χ0v) is 12.4. The first-order chi connectivity index (χ1) is 10.0. The first kappa shape index (κ1) is 15.0. The minimum Gasteiger partial charge on any atom is -0.438 e. The van der Waals surface area contributed by atoms with E-state index in [0.717, 1.165) is 16.8 Å². The van der Waals surface area contributed by atoms with E-state index < -0.39 is 5.91 Å². The molecule has 1 aromatic heterocycles. The number of pyridine rings is 1. The third-order valence-electron chi connectivity index (χ3n) is 3.10. The predicted octanol–water partition coefficient (Wildman–Crippen LogP) is 2.31. The highest BCUT2D eigenvalue weighted by Gasteiger charge is 2.17. The zero-order chi connectivity index (χ0) is 15.4. The molecule has 0 spiro atoms. The maximum atomic E-state index is 11.6. The molecule has 0 atom stereocenters. The minimum atomic E-state index is -0.541. The van der Waals surface area contributed by atoms with Gasteiger partial charge in [0.2, 0.25) is 5.88 Å². The summed E-state index contributed by atoms with van der Waals surface area (Å²) in [6, 6.07) is 9.42. The zero-order valence-electron chi connectivity index (χ0n) is 12.4. The Labute approximate surface area is 124 Å². The van der Waals surface area contributed by atoms with Gasteiger partial charge in [-0.2, -0.15) is 0 Å². The number of hydrogen-bond donors (Lipinski definition) is 2. The van der Waals surface area contributed by atoms with Crippen LogP contribution in [-0.2, 0) is 6.54 Å². The number of carbonyl (C=O) groups is 1. The first-order valence-electron chi connectivity index (χ1n) is 6.71. The highest BCUT2D eigenvalue weighted by Crippen LogP contribution is 2.28. The topological polar surface area (TPSA) is 77.2 Å². The van der Waals surface area contributed by atoms with Crippen molar-refractivity contribution in [3.63, 3.8) is 0 Å². The number of nitrogens with zero attached hydrogens (tertiary/aromatic N) is 1. The van der Waals surface area contributed by atoms with E-state index in [1.165, 1.54) is 0 Å². The number of primary amides is 1. The Kier molecular flexibility index (Phi) is 4.55. The Morgan fingerprint density at radius 2 is 2.05 bits per heavy atom. The summed E-state index contributed by atoms with van der Waals surface area (Å²) in [5, 5.41) is 3.08. The number of ether oxygens (including phenoxy) is 1. The van der Waals surface area contributed by atoms with E-state index in [4.69, 9.17) is 10.5 Å². The molecule has 0 bridgehead atoms. The van der Waals surface area contributed by atoms with Crippen LogP contribution in [0.25, 0.3) is 0 Å². The lowest BCUT2D eigenvalue weighted by Crippen LogP contribution is -2.15. The second-order valence-electron chi connectivity index (χ2n) is 4.87. The SMILES string of the molecule is CNCc1ccccc1Oc1nc(C)cc(C)c1C(N)=O. The molecule has 3 N–H and O–H groups in total. The number of hydrogen-bond acceptors (Lipinski definition) is 4. The van der Waals surface area contributed by atoms with Crippen molar-refractivity contribution in [1.29, 1.82) is 0 Å². The summed E-state index contributed by atoms with van der Waals surface area (Å²) in [5.74, 6) is 0.372. The molecule has 110 valence electrons. The van der Waals surface area contributed by atoms with Crippen LogP contribution in [0.1, 0.15) is 27.2 Å². The number of aromatic nitrogens is 1. The van der Waals surface area contributed by atoms with Crippen molar-refractivity contribution >= 4 is 5.91 Å². The van der Waals surface area contributed by atoms with Crippen molar-refractivity contribution < 1.29 is 9.53 Å². The molecule has 21 heavy (non-hydrogen) atoms. The van der Waals surface area contributed by atoms with Crippen LogP contribution in [0.3, 0.4) is 0 Å². The van der Waals surface area contributed by atoms with E-state index >= 15 is 0 Å². The fourth-order valence-electron chi connectivity index (χ4n) is 2.22. The Hall–Kier alpha value is -2.40. The standard InChI is InChI=1S/C16H19N3O2/c1-10-8-11(2)19-16(14(10)15(17)20)21-13-7-5-4-6-12(13)9-18-3/h4-8,18H,9H2,1-3H3,(H2,17,20). The number of benzene rings is 1. The van der Waals surface area contributed by atoms with Crippen molar-refractivity contribution in [2.75, 3.05) is 7.05 Å². The van der Waals surface area contributed by atoms with E-state index in [-0.39, 0.29) is 5.88 Å². The van der Waals surface area contributed by atoms with Gasteiger partial charge in [-0.15, -0.1) is 0 Å².